The highest BCUT2D eigenvalue weighted by atomic mass is 79.9. The lowest BCUT2D eigenvalue weighted by molar-refractivity contribution is 0.320. The normalized spacial score (nSPS) is 16.3. The first-order valence-electron chi connectivity index (χ1n) is 6.61. The van der Waals surface area contributed by atoms with Gasteiger partial charge in [-0.05, 0) is 44.1 Å². The standard InChI is InChI=1S/C14H16BrN3O/c15-11-3-4-12-13(9-11)16-10-18(14(12)19)8-7-17-5-1-2-6-17/h3-4,9-10H,1-2,5-8H2. The van der Waals surface area contributed by atoms with Crippen LogP contribution in [0.15, 0.2) is 33.8 Å². The number of halogens is 1. The number of likely N-dealkylation sites (tertiary alicyclic amines) is 1. The van der Waals surface area contributed by atoms with E-state index >= 15 is 0 Å². The first-order chi connectivity index (χ1) is 9.24. The minimum absolute atomic E-state index is 0.0525. The largest absolute Gasteiger partial charge is 0.302 e. The van der Waals surface area contributed by atoms with Crippen LogP contribution in [-0.2, 0) is 6.54 Å². The Hall–Kier alpha value is -1.20. The van der Waals surface area contributed by atoms with E-state index in [4.69, 9.17) is 0 Å². The average Bonchev–Trinajstić information content (AvgIpc) is 2.91. The number of fused-ring (bicyclic) bond motifs is 1. The van der Waals surface area contributed by atoms with Crippen molar-refractivity contribution in [3.05, 3.63) is 39.4 Å². The van der Waals surface area contributed by atoms with E-state index in [1.165, 1.54) is 12.8 Å². The van der Waals surface area contributed by atoms with E-state index in [0.717, 1.165) is 36.2 Å². The Morgan fingerprint density at radius 2 is 2.00 bits per heavy atom. The molecule has 0 amide bonds. The van der Waals surface area contributed by atoms with Gasteiger partial charge in [-0.15, -0.1) is 0 Å². The second-order valence-electron chi connectivity index (χ2n) is 4.95. The molecule has 1 aliphatic rings. The minimum atomic E-state index is 0.0525. The minimum Gasteiger partial charge on any atom is -0.302 e. The van der Waals surface area contributed by atoms with Crippen molar-refractivity contribution >= 4 is 26.8 Å². The lowest BCUT2D eigenvalue weighted by Crippen LogP contribution is -2.29. The molecule has 19 heavy (non-hydrogen) atoms. The SMILES string of the molecule is O=c1c2ccc(Br)cc2ncn1CCN1CCCC1. The van der Waals surface area contributed by atoms with Crippen molar-refractivity contribution in [2.45, 2.75) is 19.4 Å². The molecule has 1 aromatic carbocycles. The van der Waals surface area contributed by atoms with E-state index in [0.29, 0.717) is 5.39 Å². The van der Waals surface area contributed by atoms with E-state index in [1.54, 1.807) is 10.9 Å². The molecule has 5 heteroatoms. The zero-order valence-corrected chi connectivity index (χ0v) is 12.3. The molecule has 2 heterocycles. The van der Waals surface area contributed by atoms with Crippen LogP contribution >= 0.6 is 15.9 Å². The maximum atomic E-state index is 12.3. The third kappa shape index (κ3) is 2.72. The van der Waals surface area contributed by atoms with Gasteiger partial charge < -0.3 is 4.90 Å². The highest BCUT2D eigenvalue weighted by Crippen LogP contribution is 2.15. The van der Waals surface area contributed by atoms with Gasteiger partial charge in [-0.2, -0.15) is 0 Å². The van der Waals surface area contributed by atoms with Gasteiger partial charge in [-0.25, -0.2) is 4.98 Å². The first kappa shape index (κ1) is 12.8. The van der Waals surface area contributed by atoms with Gasteiger partial charge in [-0.1, -0.05) is 15.9 Å². The van der Waals surface area contributed by atoms with Gasteiger partial charge in [0.1, 0.15) is 0 Å². The molecule has 1 fully saturated rings. The van der Waals surface area contributed by atoms with Crippen LogP contribution in [0.5, 0.6) is 0 Å². The predicted molar refractivity (Wildman–Crippen MR) is 79.4 cm³/mol. The maximum absolute atomic E-state index is 12.3. The number of benzene rings is 1. The molecule has 2 aromatic rings. The first-order valence-corrected chi connectivity index (χ1v) is 7.40. The van der Waals surface area contributed by atoms with Crippen molar-refractivity contribution in [2.24, 2.45) is 0 Å². The summed E-state index contributed by atoms with van der Waals surface area (Å²) in [5.74, 6) is 0. The van der Waals surface area contributed by atoms with E-state index in [-0.39, 0.29) is 5.56 Å². The summed E-state index contributed by atoms with van der Waals surface area (Å²) in [6.07, 6.45) is 4.21. The zero-order chi connectivity index (χ0) is 13.2. The Morgan fingerprint density at radius 1 is 1.21 bits per heavy atom. The van der Waals surface area contributed by atoms with E-state index in [2.05, 4.69) is 25.8 Å². The Balaban J connectivity index is 1.85. The van der Waals surface area contributed by atoms with E-state index in [1.807, 2.05) is 18.2 Å². The monoisotopic (exact) mass is 321 g/mol. The van der Waals surface area contributed by atoms with Crippen molar-refractivity contribution in [1.82, 2.24) is 14.5 Å². The third-order valence-corrected chi connectivity index (χ3v) is 4.14. The van der Waals surface area contributed by atoms with Crippen molar-refractivity contribution in [3.8, 4) is 0 Å². The predicted octanol–water partition coefficient (Wildman–Crippen LogP) is 2.25. The molecule has 0 unspecified atom stereocenters. The van der Waals surface area contributed by atoms with Gasteiger partial charge in [0.2, 0.25) is 0 Å². The van der Waals surface area contributed by atoms with Crippen LogP contribution in [-0.4, -0.2) is 34.1 Å². The molecule has 0 aliphatic carbocycles. The molecule has 0 bridgehead atoms. The molecule has 4 nitrogen and oxygen atoms in total. The van der Waals surface area contributed by atoms with Crippen molar-refractivity contribution in [3.63, 3.8) is 0 Å². The fourth-order valence-electron chi connectivity index (χ4n) is 2.55. The van der Waals surface area contributed by atoms with Crippen LogP contribution < -0.4 is 5.56 Å². The summed E-state index contributed by atoms with van der Waals surface area (Å²) in [5, 5.41) is 0.687. The van der Waals surface area contributed by atoms with Gasteiger partial charge >= 0.3 is 0 Å². The third-order valence-electron chi connectivity index (χ3n) is 3.64. The lowest BCUT2D eigenvalue weighted by atomic mass is 10.2. The van der Waals surface area contributed by atoms with Crippen molar-refractivity contribution < 1.29 is 0 Å². The van der Waals surface area contributed by atoms with Crippen molar-refractivity contribution in [1.29, 1.82) is 0 Å². The molecule has 0 atom stereocenters. The summed E-state index contributed by atoms with van der Waals surface area (Å²) >= 11 is 3.40. The number of nitrogens with zero attached hydrogens (tertiary/aromatic N) is 3. The van der Waals surface area contributed by atoms with Crippen molar-refractivity contribution in [2.75, 3.05) is 19.6 Å². The molecule has 100 valence electrons. The van der Waals surface area contributed by atoms with Gasteiger partial charge in [0, 0.05) is 17.6 Å². The summed E-state index contributed by atoms with van der Waals surface area (Å²) in [6.45, 7) is 3.97. The Morgan fingerprint density at radius 3 is 2.79 bits per heavy atom. The second kappa shape index (κ2) is 5.43. The maximum Gasteiger partial charge on any atom is 0.261 e. The van der Waals surface area contributed by atoms with Crippen LogP contribution in [0.2, 0.25) is 0 Å². The summed E-state index contributed by atoms with van der Waals surface area (Å²) in [4.78, 5) is 19.1. The fraction of sp³-hybridized carbons (Fsp3) is 0.429. The molecule has 0 N–H and O–H groups in total. The number of hydrogen-bond acceptors (Lipinski definition) is 3. The molecule has 0 saturated carbocycles. The van der Waals surface area contributed by atoms with Crippen LogP contribution in [0, 0.1) is 0 Å². The quantitative estimate of drug-likeness (QED) is 0.870. The number of aromatic nitrogens is 2. The van der Waals surface area contributed by atoms with E-state index in [9.17, 15) is 4.79 Å². The Bertz CT molecular complexity index is 647. The lowest BCUT2D eigenvalue weighted by Gasteiger charge is -2.15. The smallest absolute Gasteiger partial charge is 0.261 e. The molecular weight excluding hydrogens is 306 g/mol. The highest BCUT2D eigenvalue weighted by molar-refractivity contribution is 9.10. The fourth-order valence-corrected chi connectivity index (χ4v) is 2.90. The number of hydrogen-bond donors (Lipinski definition) is 0. The van der Waals surface area contributed by atoms with Crippen LogP contribution in [0.4, 0.5) is 0 Å². The summed E-state index contributed by atoms with van der Waals surface area (Å²) < 4.78 is 2.66. The molecule has 1 saturated heterocycles. The molecular formula is C14H16BrN3O. The van der Waals surface area contributed by atoms with Gasteiger partial charge in [0.15, 0.2) is 0 Å². The van der Waals surface area contributed by atoms with Crippen LogP contribution in [0.3, 0.4) is 0 Å². The highest BCUT2D eigenvalue weighted by Gasteiger charge is 2.11. The topological polar surface area (TPSA) is 38.1 Å². The van der Waals surface area contributed by atoms with Gasteiger partial charge in [0.25, 0.3) is 5.56 Å². The molecule has 1 aromatic heterocycles. The van der Waals surface area contributed by atoms with Gasteiger partial charge in [-0.3, -0.25) is 9.36 Å². The Kier molecular flexibility index (Phi) is 3.66. The van der Waals surface area contributed by atoms with E-state index < -0.39 is 0 Å². The van der Waals surface area contributed by atoms with Crippen LogP contribution in [0.1, 0.15) is 12.8 Å². The summed E-state index contributed by atoms with van der Waals surface area (Å²) in [5.41, 5.74) is 0.800. The Labute approximate surface area is 120 Å². The second-order valence-corrected chi connectivity index (χ2v) is 5.87. The number of rotatable bonds is 3. The summed E-state index contributed by atoms with van der Waals surface area (Å²) in [7, 11) is 0. The average molecular weight is 322 g/mol. The van der Waals surface area contributed by atoms with Gasteiger partial charge in [0.05, 0.1) is 17.2 Å². The molecule has 1 aliphatic heterocycles. The molecule has 0 spiro atoms. The molecule has 3 rings (SSSR count). The molecule has 0 radical (unpaired) electrons. The van der Waals surface area contributed by atoms with Crippen LogP contribution in [0.25, 0.3) is 10.9 Å². The summed E-state index contributed by atoms with van der Waals surface area (Å²) in [6, 6.07) is 5.60. The zero-order valence-electron chi connectivity index (χ0n) is 10.7.